The number of rotatable bonds is 7. The molecule has 2 rings (SSSR count). The van der Waals surface area contributed by atoms with Crippen molar-refractivity contribution >= 4 is 17.3 Å². The standard InChI is InChI=1S/C16H19NO3S/c1-17(2)8-4-9-20-13-6-3-5-12(11-13)15-14(16(18)19)7-10-21-15/h3,5-7,10-11H,4,8-9H2,1-2H3,(H,18,19). The number of nitrogens with zero attached hydrogens (tertiary/aromatic N) is 1. The fourth-order valence-electron chi connectivity index (χ4n) is 2.00. The van der Waals surface area contributed by atoms with E-state index in [9.17, 15) is 9.90 Å². The van der Waals surface area contributed by atoms with Crippen LogP contribution in [0.3, 0.4) is 0 Å². The van der Waals surface area contributed by atoms with Gasteiger partial charge in [-0.25, -0.2) is 4.79 Å². The maximum atomic E-state index is 11.2. The van der Waals surface area contributed by atoms with Crippen LogP contribution in [0.1, 0.15) is 16.8 Å². The first-order chi connectivity index (χ1) is 10.1. The fraction of sp³-hybridized carbons (Fsp3) is 0.312. The van der Waals surface area contributed by atoms with Gasteiger partial charge in [-0.15, -0.1) is 11.3 Å². The number of carbonyl (C=O) groups is 1. The number of hydrogen-bond donors (Lipinski definition) is 1. The van der Waals surface area contributed by atoms with E-state index in [1.165, 1.54) is 11.3 Å². The van der Waals surface area contributed by atoms with Gasteiger partial charge in [-0.3, -0.25) is 0 Å². The van der Waals surface area contributed by atoms with Crippen LogP contribution < -0.4 is 4.74 Å². The van der Waals surface area contributed by atoms with Crippen LogP contribution in [0.2, 0.25) is 0 Å². The molecule has 1 aromatic carbocycles. The molecule has 0 saturated heterocycles. The fourth-order valence-corrected chi connectivity index (χ4v) is 2.88. The third-order valence-corrected chi connectivity index (χ3v) is 3.97. The Morgan fingerprint density at radius 3 is 2.86 bits per heavy atom. The molecular weight excluding hydrogens is 286 g/mol. The zero-order valence-electron chi connectivity index (χ0n) is 12.2. The summed E-state index contributed by atoms with van der Waals surface area (Å²) in [5.74, 6) is -0.125. The predicted molar refractivity (Wildman–Crippen MR) is 85.4 cm³/mol. The predicted octanol–water partition coefficient (Wildman–Crippen LogP) is 3.44. The van der Waals surface area contributed by atoms with Gasteiger partial charge in [0.2, 0.25) is 0 Å². The van der Waals surface area contributed by atoms with Gasteiger partial charge in [0.25, 0.3) is 0 Å². The van der Waals surface area contributed by atoms with E-state index in [0.29, 0.717) is 12.2 Å². The van der Waals surface area contributed by atoms with Gasteiger partial charge in [0.15, 0.2) is 0 Å². The van der Waals surface area contributed by atoms with E-state index in [0.717, 1.165) is 29.2 Å². The molecule has 0 aliphatic heterocycles. The summed E-state index contributed by atoms with van der Waals surface area (Å²) in [4.78, 5) is 14.1. The first kappa shape index (κ1) is 15.5. The van der Waals surface area contributed by atoms with Crippen molar-refractivity contribution in [2.45, 2.75) is 6.42 Å². The Labute approximate surface area is 128 Å². The second kappa shape index (κ2) is 7.24. The van der Waals surface area contributed by atoms with E-state index in [1.54, 1.807) is 11.4 Å². The van der Waals surface area contributed by atoms with E-state index in [-0.39, 0.29) is 0 Å². The van der Waals surface area contributed by atoms with Crippen LogP contribution >= 0.6 is 11.3 Å². The maximum Gasteiger partial charge on any atom is 0.337 e. The summed E-state index contributed by atoms with van der Waals surface area (Å²) in [5.41, 5.74) is 1.22. The topological polar surface area (TPSA) is 49.8 Å². The van der Waals surface area contributed by atoms with Crippen LogP contribution in [-0.2, 0) is 0 Å². The van der Waals surface area contributed by atoms with Crippen molar-refractivity contribution in [3.8, 4) is 16.2 Å². The highest BCUT2D eigenvalue weighted by molar-refractivity contribution is 7.14. The summed E-state index contributed by atoms with van der Waals surface area (Å²) >= 11 is 1.43. The second-order valence-corrected chi connectivity index (χ2v) is 5.92. The average molecular weight is 305 g/mol. The van der Waals surface area contributed by atoms with E-state index in [1.807, 2.05) is 38.4 Å². The number of carboxylic acids is 1. The van der Waals surface area contributed by atoms with Crippen LogP contribution in [0.15, 0.2) is 35.7 Å². The van der Waals surface area contributed by atoms with Crippen LogP contribution in [0.25, 0.3) is 10.4 Å². The lowest BCUT2D eigenvalue weighted by molar-refractivity contribution is 0.0698. The zero-order valence-corrected chi connectivity index (χ0v) is 13.0. The van der Waals surface area contributed by atoms with Gasteiger partial charge in [0.1, 0.15) is 5.75 Å². The monoisotopic (exact) mass is 305 g/mol. The molecule has 0 aliphatic rings. The molecule has 21 heavy (non-hydrogen) atoms. The molecule has 112 valence electrons. The zero-order chi connectivity index (χ0) is 15.2. The highest BCUT2D eigenvalue weighted by Gasteiger charge is 2.13. The lowest BCUT2D eigenvalue weighted by Gasteiger charge is -2.11. The molecular formula is C16H19NO3S. The minimum atomic E-state index is -0.899. The van der Waals surface area contributed by atoms with E-state index in [2.05, 4.69) is 4.90 Å². The molecule has 2 aromatic rings. The van der Waals surface area contributed by atoms with Crippen molar-refractivity contribution < 1.29 is 14.6 Å². The van der Waals surface area contributed by atoms with Crippen LogP contribution in [0.5, 0.6) is 5.75 Å². The Hall–Kier alpha value is -1.85. The van der Waals surface area contributed by atoms with Gasteiger partial charge < -0.3 is 14.7 Å². The largest absolute Gasteiger partial charge is 0.494 e. The molecule has 0 fully saturated rings. The molecule has 1 aromatic heterocycles. The molecule has 0 saturated carbocycles. The summed E-state index contributed by atoms with van der Waals surface area (Å²) < 4.78 is 5.73. The lowest BCUT2D eigenvalue weighted by Crippen LogP contribution is -2.15. The Bertz CT molecular complexity index is 607. The summed E-state index contributed by atoms with van der Waals surface area (Å²) in [7, 11) is 4.07. The molecule has 0 atom stereocenters. The van der Waals surface area contributed by atoms with Crippen LogP contribution in [0.4, 0.5) is 0 Å². The molecule has 4 nitrogen and oxygen atoms in total. The van der Waals surface area contributed by atoms with Crippen molar-refractivity contribution in [2.75, 3.05) is 27.2 Å². The maximum absolute atomic E-state index is 11.2. The normalized spacial score (nSPS) is 10.8. The summed E-state index contributed by atoms with van der Waals surface area (Å²) in [5, 5.41) is 11.0. The molecule has 5 heteroatoms. The van der Waals surface area contributed by atoms with E-state index in [4.69, 9.17) is 4.74 Å². The SMILES string of the molecule is CN(C)CCCOc1cccc(-c2sccc2C(=O)O)c1. The second-order valence-electron chi connectivity index (χ2n) is 5.00. The summed E-state index contributed by atoms with van der Waals surface area (Å²) in [6.07, 6.45) is 0.955. The van der Waals surface area contributed by atoms with Crippen molar-refractivity contribution in [2.24, 2.45) is 0 Å². The summed E-state index contributed by atoms with van der Waals surface area (Å²) in [6, 6.07) is 9.22. The van der Waals surface area contributed by atoms with Crippen molar-refractivity contribution in [3.63, 3.8) is 0 Å². The van der Waals surface area contributed by atoms with Crippen LogP contribution in [-0.4, -0.2) is 43.2 Å². The van der Waals surface area contributed by atoms with E-state index < -0.39 is 5.97 Å². The lowest BCUT2D eigenvalue weighted by atomic mass is 10.1. The number of ether oxygens (including phenoxy) is 1. The highest BCUT2D eigenvalue weighted by atomic mass is 32.1. The average Bonchev–Trinajstić information content (AvgIpc) is 2.93. The molecule has 0 radical (unpaired) electrons. The number of benzene rings is 1. The number of hydrogen-bond acceptors (Lipinski definition) is 4. The van der Waals surface area contributed by atoms with Crippen LogP contribution in [0, 0.1) is 0 Å². The quantitative estimate of drug-likeness (QED) is 0.796. The van der Waals surface area contributed by atoms with Crippen molar-refractivity contribution in [3.05, 3.63) is 41.3 Å². The Balaban J connectivity index is 2.07. The molecule has 0 amide bonds. The molecule has 0 spiro atoms. The van der Waals surface area contributed by atoms with Gasteiger partial charge in [0.05, 0.1) is 12.2 Å². The Kier molecular flexibility index (Phi) is 5.36. The molecule has 0 bridgehead atoms. The highest BCUT2D eigenvalue weighted by Crippen LogP contribution is 2.31. The molecule has 1 heterocycles. The first-order valence-electron chi connectivity index (χ1n) is 6.76. The van der Waals surface area contributed by atoms with Gasteiger partial charge in [0, 0.05) is 11.4 Å². The van der Waals surface area contributed by atoms with Gasteiger partial charge in [-0.1, -0.05) is 12.1 Å². The number of thiophene rings is 1. The third kappa shape index (κ3) is 4.31. The van der Waals surface area contributed by atoms with Crippen molar-refractivity contribution in [1.29, 1.82) is 0 Å². The van der Waals surface area contributed by atoms with Gasteiger partial charge >= 0.3 is 5.97 Å². The minimum Gasteiger partial charge on any atom is -0.494 e. The smallest absolute Gasteiger partial charge is 0.337 e. The van der Waals surface area contributed by atoms with E-state index >= 15 is 0 Å². The Morgan fingerprint density at radius 1 is 1.33 bits per heavy atom. The molecule has 0 unspecified atom stereocenters. The Morgan fingerprint density at radius 2 is 2.14 bits per heavy atom. The number of carboxylic acid groups (broad SMARTS) is 1. The van der Waals surface area contributed by atoms with Crippen molar-refractivity contribution in [1.82, 2.24) is 4.90 Å². The summed E-state index contributed by atoms with van der Waals surface area (Å²) in [6.45, 7) is 1.63. The van der Waals surface area contributed by atoms with Gasteiger partial charge in [-0.2, -0.15) is 0 Å². The van der Waals surface area contributed by atoms with Gasteiger partial charge in [-0.05, 0) is 49.7 Å². The molecule has 1 N–H and O–H groups in total. The molecule has 0 aliphatic carbocycles. The minimum absolute atomic E-state index is 0.338. The first-order valence-corrected chi connectivity index (χ1v) is 7.64. The number of aromatic carboxylic acids is 1. The third-order valence-electron chi connectivity index (χ3n) is 3.01.